The number of aryl methyl sites for hydroxylation is 2. The van der Waals surface area contributed by atoms with Crippen LogP contribution in [0.4, 0.5) is 23.3 Å². The van der Waals surface area contributed by atoms with E-state index in [0.717, 1.165) is 104 Å². The smallest absolute Gasteiger partial charge is 1.00 e. The molecule has 4 fully saturated rings. The van der Waals surface area contributed by atoms with E-state index in [1.807, 2.05) is 72.2 Å². The summed E-state index contributed by atoms with van der Waals surface area (Å²) < 4.78 is 5.29. The van der Waals surface area contributed by atoms with Gasteiger partial charge in [-0.15, -0.1) is 0 Å². The first-order chi connectivity index (χ1) is 34.9. The van der Waals surface area contributed by atoms with Crippen molar-refractivity contribution in [3.8, 4) is 16.9 Å². The van der Waals surface area contributed by atoms with E-state index in [0.29, 0.717) is 45.2 Å². The van der Waals surface area contributed by atoms with Gasteiger partial charge < -0.3 is 41.6 Å². The van der Waals surface area contributed by atoms with Gasteiger partial charge in [0.05, 0.1) is 40.4 Å². The van der Waals surface area contributed by atoms with Gasteiger partial charge in [0, 0.05) is 94.9 Å². The molecule has 0 unspecified atom stereocenters. The van der Waals surface area contributed by atoms with Crippen molar-refractivity contribution in [2.75, 3.05) is 30.0 Å². The zero-order chi connectivity index (χ0) is 51.1. The van der Waals surface area contributed by atoms with Gasteiger partial charge in [-0.2, -0.15) is 10.5 Å². The Balaban J connectivity index is 0.000000242. The number of carbonyl (C=O) groups excluding carboxylic acids is 3. The quantitative estimate of drug-likeness (QED) is 0.0655. The largest absolute Gasteiger partial charge is 1.00 e. The number of halogens is 3. The molecule has 6 aliphatic heterocycles. The van der Waals surface area contributed by atoms with Gasteiger partial charge in [-0.1, -0.05) is 35.3 Å². The number of methoxy groups -OCH3 is 1. The Hall–Kier alpha value is -3.34. The summed E-state index contributed by atoms with van der Waals surface area (Å²) in [6, 6.07) is 20.9. The molecular formula is C51H53BrCl2K2N12O6. The molecule has 0 spiro atoms. The number of hydrogen-bond donors (Lipinski definition) is 2. The molecule has 6 aliphatic rings. The zero-order valence-corrected chi connectivity index (χ0v) is 51.1. The Kier molecular flexibility index (Phi) is 22.5. The number of benzene rings is 3. The molecule has 6 atom stereocenters. The van der Waals surface area contributed by atoms with Gasteiger partial charge in [0.25, 0.3) is 18.3 Å². The number of nitrogens with one attached hydrogen (secondary N) is 2. The van der Waals surface area contributed by atoms with E-state index in [1.165, 1.54) is 12.0 Å². The molecule has 3 aromatic carbocycles. The number of amides is 2. The van der Waals surface area contributed by atoms with E-state index < -0.39 is 0 Å². The van der Waals surface area contributed by atoms with E-state index >= 15 is 0 Å². The third kappa shape index (κ3) is 13.7. The third-order valence-corrected chi connectivity index (χ3v) is 14.8. The Morgan fingerprint density at radius 1 is 0.797 bits per heavy atom. The predicted molar refractivity (Wildman–Crippen MR) is 272 cm³/mol. The van der Waals surface area contributed by atoms with Crippen molar-refractivity contribution in [3.05, 3.63) is 122 Å². The molecule has 2 N–H and O–H groups in total. The van der Waals surface area contributed by atoms with E-state index in [4.69, 9.17) is 43.3 Å². The molecular weight excluding hydrogens is 1110 g/mol. The second kappa shape index (κ2) is 27.8. The van der Waals surface area contributed by atoms with E-state index in [-0.39, 0.29) is 147 Å². The minimum atomic E-state index is -0.181. The Bertz CT molecular complexity index is 2910. The van der Waals surface area contributed by atoms with E-state index in [9.17, 15) is 14.9 Å². The minimum Gasteiger partial charge on any atom is -1.00 e. The number of rotatable bonds is 10. The monoisotopic (exact) mass is 1160 g/mol. The van der Waals surface area contributed by atoms with Crippen LogP contribution < -0.4 is 133 Å². The van der Waals surface area contributed by atoms with Crippen LogP contribution in [0.2, 0.25) is 10.0 Å². The van der Waals surface area contributed by atoms with Gasteiger partial charge in [-0.05, 0) is 130 Å². The Morgan fingerprint density at radius 3 is 1.73 bits per heavy atom. The number of carbonyl (C=O) groups is 3. The number of aromatic nitrogens is 4. The van der Waals surface area contributed by atoms with Crippen LogP contribution in [0.5, 0.6) is 5.75 Å². The van der Waals surface area contributed by atoms with Crippen molar-refractivity contribution in [1.82, 2.24) is 40.4 Å². The van der Waals surface area contributed by atoms with E-state index in [2.05, 4.69) is 79.5 Å². The zero-order valence-electron chi connectivity index (χ0n) is 42.8. The van der Waals surface area contributed by atoms with Crippen LogP contribution >= 0.6 is 39.1 Å². The number of nitriles is 2. The standard InChI is InChI=1S/C28H30ClN5O2.C21H21ClN6O.CBrN.CH2O3.2K.H/c1-17-9-11-30-28(31-17)33-12-10-19-13-22(23(29)15-26(19)33)27(35)32-24-14-20-5-8-25(24)34(20)16-18-3-6-21(36-2)7-4-18;1-12-4-6-24-21(25-12)27-7-5-13-8-15(16(22)10-19(13)27)20(29)26-17-9-14-2-3-18(17)28(14)11-23;2-1-3;2-1-4-3;;;/h3-4,6-7,9,11,13,15,20,24-25H,5,8,10,12,14,16H2,1-2H3,(H,32,35);4,6,8,10,14,17-18H,2-3,5,7,9H2,1H3,(H,26,29);;1,3H;;;/q;;;;2*+1;-1/p-1/t20-,24+,25+;14-,17+,18+;;;;;/m00...../s1. The molecule has 23 heteroatoms. The summed E-state index contributed by atoms with van der Waals surface area (Å²) in [5, 5.41) is 32.3. The molecule has 2 aromatic heterocycles. The molecule has 4 bridgehead atoms. The first-order valence-corrected chi connectivity index (χ1v) is 25.1. The number of ether oxygens (including phenoxy) is 1. The van der Waals surface area contributed by atoms with Crippen LogP contribution in [0.1, 0.15) is 88.7 Å². The van der Waals surface area contributed by atoms with Crippen LogP contribution in [0.3, 0.4) is 0 Å². The van der Waals surface area contributed by atoms with E-state index in [1.54, 1.807) is 24.5 Å². The van der Waals surface area contributed by atoms with Gasteiger partial charge in [-0.3, -0.25) is 19.3 Å². The summed E-state index contributed by atoms with van der Waals surface area (Å²) in [7, 11) is 1.69. The SMILES string of the molecule is COc1ccc(CN2[C@H]3CC[C@@H]2[C@H](NC(=O)c2cc4c(cc2Cl)N(c2nccc(C)n2)CC4)C3)cc1.Cc1ccnc(N2CCc3cc(C(=O)N[C@@H]4C[C@@H]5CC[C@H]4N5C#N)c(Cl)cc32)n1.N#CBr.O=CO[O-].[H-].[K+].[K+]. The fourth-order valence-electron chi connectivity index (χ4n) is 11.0. The fraction of sp³-hybridized carbons (Fsp3) is 0.392. The van der Waals surface area contributed by atoms with Crippen molar-refractivity contribution in [1.29, 1.82) is 10.5 Å². The van der Waals surface area contributed by atoms with Gasteiger partial charge in [0.1, 0.15) is 10.7 Å². The maximum atomic E-state index is 13.4. The van der Waals surface area contributed by atoms with Crippen molar-refractivity contribution in [3.63, 3.8) is 0 Å². The minimum absolute atomic E-state index is 0. The Morgan fingerprint density at radius 2 is 1.27 bits per heavy atom. The van der Waals surface area contributed by atoms with Crippen molar-refractivity contribution in [2.45, 2.75) is 108 Å². The molecule has 0 aliphatic carbocycles. The molecule has 0 radical (unpaired) electrons. The predicted octanol–water partition coefficient (Wildman–Crippen LogP) is 1.04. The molecule has 11 rings (SSSR count). The molecule has 5 aromatic rings. The number of nitrogens with zero attached hydrogens (tertiary/aromatic N) is 10. The van der Waals surface area contributed by atoms with Crippen LogP contribution in [-0.4, -0.2) is 104 Å². The molecule has 0 saturated carbocycles. The molecule has 376 valence electrons. The van der Waals surface area contributed by atoms with Gasteiger partial charge in [0.2, 0.25) is 11.9 Å². The van der Waals surface area contributed by atoms with Gasteiger partial charge in [0.15, 0.2) is 6.19 Å². The summed E-state index contributed by atoms with van der Waals surface area (Å²) in [6.45, 7) is 6.13. The summed E-state index contributed by atoms with van der Waals surface area (Å²) in [5.74, 6) is 1.93. The van der Waals surface area contributed by atoms with Gasteiger partial charge in [-0.25, -0.2) is 19.9 Å². The second-order valence-corrected chi connectivity index (χ2v) is 19.4. The van der Waals surface area contributed by atoms with Crippen molar-refractivity contribution < 1.29 is 133 Å². The number of fused-ring (bicyclic) bond motifs is 6. The summed E-state index contributed by atoms with van der Waals surface area (Å²) in [4.78, 5) is 65.5. The number of hydrogen-bond acceptors (Lipinski definition) is 16. The Labute approximate surface area is 535 Å². The third-order valence-electron chi connectivity index (χ3n) is 14.2. The van der Waals surface area contributed by atoms with Crippen LogP contribution in [0, 0.1) is 35.5 Å². The first-order valence-electron chi connectivity index (χ1n) is 23.6. The number of anilines is 4. The van der Waals surface area contributed by atoms with Crippen LogP contribution in [-0.2, 0) is 29.1 Å². The topological polar surface area (TPSA) is 229 Å². The second-order valence-electron chi connectivity index (χ2n) is 18.3. The molecule has 18 nitrogen and oxygen atoms in total. The average molecular weight is 1160 g/mol. The van der Waals surface area contributed by atoms with Crippen molar-refractivity contribution in [2.24, 2.45) is 0 Å². The van der Waals surface area contributed by atoms with Crippen LogP contribution in [0.15, 0.2) is 73.1 Å². The van der Waals surface area contributed by atoms with Gasteiger partial charge >= 0.3 is 103 Å². The molecule has 8 heterocycles. The molecule has 2 amide bonds. The summed E-state index contributed by atoms with van der Waals surface area (Å²) in [6.07, 6.45) is 13.5. The summed E-state index contributed by atoms with van der Waals surface area (Å²) in [5.41, 5.74) is 8.23. The average Bonchev–Trinajstić information content (AvgIpc) is 4.26. The summed E-state index contributed by atoms with van der Waals surface area (Å²) >= 11 is 15.6. The van der Waals surface area contributed by atoms with Crippen molar-refractivity contribution >= 4 is 80.7 Å². The maximum Gasteiger partial charge on any atom is 1.00 e. The maximum absolute atomic E-state index is 13.4. The normalized spacial score (nSPS) is 21.0. The molecule has 74 heavy (non-hydrogen) atoms. The molecule has 4 saturated heterocycles. The first kappa shape index (κ1) is 59.9. The van der Waals surface area contributed by atoms with Crippen LogP contribution in [0.25, 0.3) is 0 Å². The fourth-order valence-corrected chi connectivity index (χ4v) is 11.4.